The Kier molecular flexibility index (Phi) is 4.11. The second-order valence-corrected chi connectivity index (χ2v) is 3.52. The number of hydrogen-bond acceptors (Lipinski definition) is 2. The molecule has 0 aliphatic rings. The van der Waals surface area contributed by atoms with E-state index in [-0.39, 0.29) is 5.56 Å². The minimum absolute atomic E-state index is 0.0510. The van der Waals surface area contributed by atoms with Crippen LogP contribution in [0.15, 0.2) is 24.3 Å². The summed E-state index contributed by atoms with van der Waals surface area (Å²) in [4.78, 5) is 10.6. The number of carboxylic acid groups (broad SMARTS) is 1. The van der Waals surface area contributed by atoms with Gasteiger partial charge in [-0.25, -0.2) is 0 Å². The molecule has 1 rings (SSSR count). The number of aliphatic carboxylic acids is 1. The van der Waals surface area contributed by atoms with Crippen LogP contribution in [0.25, 0.3) is 0 Å². The molecule has 0 spiro atoms. The maximum absolute atomic E-state index is 12.7. The Morgan fingerprint density at radius 3 is 2.47 bits per heavy atom. The number of nitrogens with one attached hydrogen (secondary N) is 1. The highest BCUT2D eigenvalue weighted by Crippen LogP contribution is 2.35. The highest BCUT2D eigenvalue weighted by molar-refractivity contribution is 5.68. The number of carboxylic acids is 1. The third-order valence-electron chi connectivity index (χ3n) is 2.37. The van der Waals surface area contributed by atoms with E-state index in [1.165, 1.54) is 25.2 Å². The lowest BCUT2D eigenvalue weighted by atomic mass is 9.98. The molecule has 94 valence electrons. The number of alkyl halides is 3. The van der Waals surface area contributed by atoms with Crippen molar-refractivity contribution in [1.29, 1.82) is 0 Å². The summed E-state index contributed by atoms with van der Waals surface area (Å²) in [5.74, 6) is -1.15. The lowest BCUT2D eigenvalue weighted by Gasteiger charge is -2.19. The smallest absolute Gasteiger partial charge is 0.416 e. The highest BCUT2D eigenvalue weighted by atomic mass is 19.4. The van der Waals surface area contributed by atoms with Crippen molar-refractivity contribution in [3.63, 3.8) is 0 Å². The fourth-order valence-electron chi connectivity index (χ4n) is 1.60. The van der Waals surface area contributed by atoms with Gasteiger partial charge in [-0.3, -0.25) is 4.79 Å². The number of rotatable bonds is 4. The average molecular weight is 247 g/mol. The van der Waals surface area contributed by atoms with Crippen LogP contribution in [-0.2, 0) is 11.0 Å². The highest BCUT2D eigenvalue weighted by Gasteiger charge is 2.34. The van der Waals surface area contributed by atoms with Crippen molar-refractivity contribution in [2.75, 3.05) is 7.05 Å². The summed E-state index contributed by atoms with van der Waals surface area (Å²) in [6, 6.07) is 4.11. The lowest BCUT2D eigenvalue weighted by molar-refractivity contribution is -0.140. The third-order valence-corrected chi connectivity index (χ3v) is 2.37. The second-order valence-electron chi connectivity index (χ2n) is 3.52. The van der Waals surface area contributed by atoms with E-state index in [0.717, 1.165) is 6.07 Å². The van der Waals surface area contributed by atoms with Gasteiger partial charge >= 0.3 is 12.1 Å². The molecule has 0 saturated heterocycles. The van der Waals surface area contributed by atoms with Crippen molar-refractivity contribution < 1.29 is 23.1 Å². The molecular formula is C11H12F3NO2. The summed E-state index contributed by atoms with van der Waals surface area (Å²) < 4.78 is 38.1. The van der Waals surface area contributed by atoms with Crippen LogP contribution in [0.5, 0.6) is 0 Å². The SMILES string of the molecule is CNC(CC(=O)O)c1ccccc1C(F)(F)F. The largest absolute Gasteiger partial charge is 0.481 e. The van der Waals surface area contributed by atoms with E-state index in [1.807, 2.05) is 0 Å². The molecular weight excluding hydrogens is 235 g/mol. The van der Waals surface area contributed by atoms with Crippen molar-refractivity contribution >= 4 is 5.97 Å². The summed E-state index contributed by atoms with van der Waals surface area (Å²) in [6.45, 7) is 0. The standard InChI is InChI=1S/C11H12F3NO2/c1-15-9(6-10(16)17)7-4-2-3-5-8(7)11(12,13)14/h2-5,9,15H,6H2,1H3,(H,16,17). The summed E-state index contributed by atoms with van der Waals surface area (Å²) in [5, 5.41) is 11.2. The molecule has 0 aromatic heterocycles. The summed E-state index contributed by atoms with van der Waals surface area (Å²) in [7, 11) is 1.43. The fraction of sp³-hybridized carbons (Fsp3) is 0.364. The zero-order valence-electron chi connectivity index (χ0n) is 9.08. The Bertz CT molecular complexity index is 404. The van der Waals surface area contributed by atoms with Crippen LogP contribution < -0.4 is 5.32 Å². The number of benzene rings is 1. The van der Waals surface area contributed by atoms with E-state index in [9.17, 15) is 18.0 Å². The summed E-state index contributed by atoms with van der Waals surface area (Å²) in [5.41, 5.74) is -0.856. The van der Waals surface area contributed by atoms with Crippen LogP contribution >= 0.6 is 0 Å². The Balaban J connectivity index is 3.15. The van der Waals surface area contributed by atoms with Gasteiger partial charge in [0, 0.05) is 6.04 Å². The van der Waals surface area contributed by atoms with Gasteiger partial charge in [-0.05, 0) is 18.7 Å². The first kappa shape index (κ1) is 13.5. The minimum atomic E-state index is -4.48. The third kappa shape index (κ3) is 3.45. The first-order chi connectivity index (χ1) is 7.86. The van der Waals surface area contributed by atoms with E-state index >= 15 is 0 Å². The maximum atomic E-state index is 12.7. The van der Waals surface area contributed by atoms with E-state index in [2.05, 4.69) is 5.32 Å². The predicted molar refractivity (Wildman–Crippen MR) is 55.5 cm³/mol. The van der Waals surface area contributed by atoms with Gasteiger partial charge in [-0.15, -0.1) is 0 Å². The Morgan fingerprint density at radius 1 is 1.41 bits per heavy atom. The van der Waals surface area contributed by atoms with Crippen LogP contribution in [0.2, 0.25) is 0 Å². The van der Waals surface area contributed by atoms with Gasteiger partial charge in [0.2, 0.25) is 0 Å². The molecule has 1 aromatic rings. The molecule has 0 bridgehead atoms. The molecule has 0 radical (unpaired) electrons. The number of hydrogen-bond donors (Lipinski definition) is 2. The topological polar surface area (TPSA) is 49.3 Å². The lowest BCUT2D eigenvalue weighted by Crippen LogP contribution is -2.23. The monoisotopic (exact) mass is 247 g/mol. The van der Waals surface area contributed by atoms with Crippen LogP contribution in [0.3, 0.4) is 0 Å². The van der Waals surface area contributed by atoms with Crippen LogP contribution in [0.1, 0.15) is 23.6 Å². The molecule has 0 aliphatic carbocycles. The van der Waals surface area contributed by atoms with E-state index in [1.54, 1.807) is 0 Å². The molecule has 1 unspecified atom stereocenters. The Labute approximate surface area is 96.3 Å². The number of carbonyl (C=O) groups is 1. The van der Waals surface area contributed by atoms with E-state index < -0.39 is 30.2 Å². The first-order valence-electron chi connectivity index (χ1n) is 4.91. The molecule has 2 N–H and O–H groups in total. The first-order valence-corrected chi connectivity index (χ1v) is 4.91. The van der Waals surface area contributed by atoms with Crippen molar-refractivity contribution in [3.05, 3.63) is 35.4 Å². The normalized spacial score (nSPS) is 13.4. The number of halogens is 3. The van der Waals surface area contributed by atoms with Crippen LogP contribution in [0.4, 0.5) is 13.2 Å². The van der Waals surface area contributed by atoms with Gasteiger partial charge in [0.05, 0.1) is 12.0 Å². The van der Waals surface area contributed by atoms with E-state index in [4.69, 9.17) is 5.11 Å². The van der Waals surface area contributed by atoms with Crippen molar-refractivity contribution in [2.24, 2.45) is 0 Å². The summed E-state index contributed by atoms with van der Waals surface area (Å²) in [6.07, 6.45) is -4.88. The molecule has 17 heavy (non-hydrogen) atoms. The predicted octanol–water partition coefficient (Wildman–Crippen LogP) is 2.44. The van der Waals surface area contributed by atoms with E-state index in [0.29, 0.717) is 0 Å². The fourth-order valence-corrected chi connectivity index (χ4v) is 1.60. The van der Waals surface area contributed by atoms with Gasteiger partial charge < -0.3 is 10.4 Å². The summed E-state index contributed by atoms with van der Waals surface area (Å²) >= 11 is 0. The Hall–Kier alpha value is -1.56. The van der Waals surface area contributed by atoms with Crippen molar-refractivity contribution in [1.82, 2.24) is 5.32 Å². The maximum Gasteiger partial charge on any atom is 0.416 e. The molecule has 0 fully saturated rings. The van der Waals surface area contributed by atoms with Gasteiger partial charge in [-0.2, -0.15) is 13.2 Å². The van der Waals surface area contributed by atoms with Gasteiger partial charge in [-0.1, -0.05) is 18.2 Å². The quantitative estimate of drug-likeness (QED) is 0.859. The minimum Gasteiger partial charge on any atom is -0.481 e. The molecule has 0 heterocycles. The molecule has 6 heteroatoms. The van der Waals surface area contributed by atoms with Crippen LogP contribution in [-0.4, -0.2) is 18.1 Å². The molecule has 1 aromatic carbocycles. The van der Waals surface area contributed by atoms with Crippen molar-refractivity contribution in [2.45, 2.75) is 18.6 Å². The molecule has 0 aliphatic heterocycles. The van der Waals surface area contributed by atoms with Gasteiger partial charge in [0.25, 0.3) is 0 Å². The van der Waals surface area contributed by atoms with Crippen molar-refractivity contribution in [3.8, 4) is 0 Å². The second kappa shape index (κ2) is 5.18. The zero-order chi connectivity index (χ0) is 13.1. The van der Waals surface area contributed by atoms with Gasteiger partial charge in [0.15, 0.2) is 0 Å². The van der Waals surface area contributed by atoms with Gasteiger partial charge in [0.1, 0.15) is 0 Å². The molecule has 0 amide bonds. The molecule has 3 nitrogen and oxygen atoms in total. The Morgan fingerprint density at radius 2 is 2.00 bits per heavy atom. The van der Waals surface area contributed by atoms with Crippen LogP contribution in [0, 0.1) is 0 Å². The average Bonchev–Trinajstić information content (AvgIpc) is 2.24. The molecule has 1 atom stereocenters. The zero-order valence-corrected chi connectivity index (χ0v) is 9.08. The molecule has 0 saturated carbocycles.